The molecule has 2 rings (SSSR count). The minimum absolute atomic E-state index is 0.207. The van der Waals surface area contributed by atoms with Crippen molar-refractivity contribution in [1.29, 1.82) is 0 Å². The Kier molecular flexibility index (Phi) is 4.30. The summed E-state index contributed by atoms with van der Waals surface area (Å²) in [4.78, 5) is 18.3. The number of nitrogens with two attached hydrogens (primary N) is 1. The summed E-state index contributed by atoms with van der Waals surface area (Å²) in [6.07, 6.45) is 1.49. The molecule has 1 aromatic carbocycles. The lowest BCUT2D eigenvalue weighted by molar-refractivity contribution is 0.457. The van der Waals surface area contributed by atoms with Crippen LogP contribution in [0.4, 0.5) is 0 Å². The molecule has 1 heterocycles. The van der Waals surface area contributed by atoms with Crippen LogP contribution in [-0.2, 0) is 12.8 Å². The van der Waals surface area contributed by atoms with Crippen LogP contribution in [0, 0.1) is 0 Å². The molecule has 0 aliphatic carbocycles. The van der Waals surface area contributed by atoms with Gasteiger partial charge in [0.1, 0.15) is 11.6 Å². The van der Waals surface area contributed by atoms with E-state index in [4.69, 9.17) is 10.5 Å². The molecule has 0 saturated carbocycles. The number of nitrogens with one attached hydrogen (secondary N) is 1. The van der Waals surface area contributed by atoms with Gasteiger partial charge in [0, 0.05) is 6.42 Å². The number of H-pyrrole nitrogens is 1. The molecule has 0 atom stereocenters. The van der Waals surface area contributed by atoms with E-state index in [1.165, 1.54) is 6.07 Å². The fourth-order valence-electron chi connectivity index (χ4n) is 1.71. The van der Waals surface area contributed by atoms with E-state index in [0.717, 1.165) is 12.0 Å². The molecule has 5 nitrogen and oxygen atoms in total. The van der Waals surface area contributed by atoms with Gasteiger partial charge in [-0.3, -0.25) is 4.79 Å². The zero-order valence-electron chi connectivity index (χ0n) is 10.8. The number of aromatic nitrogens is 2. The van der Waals surface area contributed by atoms with Gasteiger partial charge in [0.15, 0.2) is 0 Å². The minimum Gasteiger partial charge on any atom is -0.439 e. The summed E-state index contributed by atoms with van der Waals surface area (Å²) < 4.78 is 5.57. The Hall–Kier alpha value is -2.14. The smallest absolute Gasteiger partial charge is 0.254 e. The molecule has 0 amide bonds. The van der Waals surface area contributed by atoms with Gasteiger partial charge >= 0.3 is 0 Å². The molecule has 1 aromatic heterocycles. The highest BCUT2D eigenvalue weighted by Gasteiger charge is 2.03. The van der Waals surface area contributed by atoms with Crippen molar-refractivity contribution in [2.45, 2.75) is 19.8 Å². The maximum Gasteiger partial charge on any atom is 0.254 e. The number of ether oxygens (including phenoxy) is 1. The highest BCUT2D eigenvalue weighted by Crippen LogP contribution is 2.18. The van der Waals surface area contributed by atoms with Crippen LogP contribution in [0.1, 0.15) is 18.3 Å². The van der Waals surface area contributed by atoms with Crippen molar-refractivity contribution in [3.63, 3.8) is 0 Å². The summed E-state index contributed by atoms with van der Waals surface area (Å²) >= 11 is 0. The number of aromatic amines is 1. The molecule has 3 N–H and O–H groups in total. The monoisotopic (exact) mass is 259 g/mol. The summed E-state index contributed by atoms with van der Waals surface area (Å²) in [5, 5.41) is 0. The summed E-state index contributed by atoms with van der Waals surface area (Å²) in [6, 6.07) is 8.94. The first-order valence-electron chi connectivity index (χ1n) is 6.28. The minimum atomic E-state index is -0.207. The van der Waals surface area contributed by atoms with Gasteiger partial charge in [0.25, 0.3) is 5.56 Å². The van der Waals surface area contributed by atoms with E-state index in [-0.39, 0.29) is 5.56 Å². The number of benzene rings is 1. The molecular weight excluding hydrogens is 242 g/mol. The van der Waals surface area contributed by atoms with Gasteiger partial charge in [-0.05, 0) is 30.7 Å². The highest BCUT2D eigenvalue weighted by molar-refractivity contribution is 5.30. The molecule has 0 saturated heterocycles. The number of hydrogen-bond donors (Lipinski definition) is 2. The largest absolute Gasteiger partial charge is 0.439 e. The molecular formula is C14H17N3O2. The number of rotatable bonds is 5. The fourth-order valence-corrected chi connectivity index (χ4v) is 1.71. The summed E-state index contributed by atoms with van der Waals surface area (Å²) in [5.74, 6) is 1.58. The molecule has 19 heavy (non-hydrogen) atoms. The van der Waals surface area contributed by atoms with Crippen LogP contribution in [0.2, 0.25) is 0 Å². The van der Waals surface area contributed by atoms with Crippen molar-refractivity contribution >= 4 is 0 Å². The molecule has 0 fully saturated rings. The summed E-state index contributed by atoms with van der Waals surface area (Å²) in [5.41, 5.74) is 6.44. The van der Waals surface area contributed by atoms with Crippen LogP contribution in [0.25, 0.3) is 0 Å². The average Bonchev–Trinajstić information content (AvgIpc) is 2.40. The van der Waals surface area contributed by atoms with Crippen molar-refractivity contribution in [3.8, 4) is 11.6 Å². The van der Waals surface area contributed by atoms with Crippen molar-refractivity contribution in [2.24, 2.45) is 5.73 Å². The summed E-state index contributed by atoms with van der Waals surface area (Å²) in [6.45, 7) is 2.54. The Labute approximate surface area is 111 Å². The first-order chi connectivity index (χ1) is 9.21. The van der Waals surface area contributed by atoms with E-state index in [9.17, 15) is 4.79 Å². The van der Waals surface area contributed by atoms with Crippen molar-refractivity contribution in [2.75, 3.05) is 6.54 Å². The molecule has 2 aromatic rings. The quantitative estimate of drug-likeness (QED) is 0.855. The van der Waals surface area contributed by atoms with Gasteiger partial charge in [-0.15, -0.1) is 0 Å². The Bertz CT molecular complexity index is 590. The molecule has 0 spiro atoms. The SMILES string of the molecule is CCc1nc(Oc2ccc(CCN)cc2)cc(=O)[nH]1. The Balaban J connectivity index is 2.16. The van der Waals surface area contributed by atoms with Crippen LogP contribution in [0.3, 0.4) is 0 Å². The molecule has 0 bridgehead atoms. The number of hydrogen-bond acceptors (Lipinski definition) is 4. The third-order valence-corrected chi connectivity index (χ3v) is 2.68. The van der Waals surface area contributed by atoms with Gasteiger partial charge in [-0.25, -0.2) is 0 Å². The molecule has 0 aliphatic heterocycles. The van der Waals surface area contributed by atoms with E-state index < -0.39 is 0 Å². The van der Waals surface area contributed by atoms with Crippen LogP contribution in [0.5, 0.6) is 11.6 Å². The second kappa shape index (κ2) is 6.15. The Morgan fingerprint density at radius 3 is 2.68 bits per heavy atom. The zero-order chi connectivity index (χ0) is 13.7. The maximum atomic E-state index is 11.4. The fraction of sp³-hybridized carbons (Fsp3) is 0.286. The van der Waals surface area contributed by atoms with Gasteiger partial charge in [0.2, 0.25) is 5.88 Å². The lowest BCUT2D eigenvalue weighted by atomic mass is 10.1. The molecule has 0 unspecified atom stereocenters. The first-order valence-corrected chi connectivity index (χ1v) is 6.28. The van der Waals surface area contributed by atoms with Crippen molar-refractivity contribution < 1.29 is 4.74 Å². The van der Waals surface area contributed by atoms with Gasteiger partial charge in [0.05, 0.1) is 6.07 Å². The lowest BCUT2D eigenvalue weighted by Crippen LogP contribution is -2.10. The zero-order valence-corrected chi connectivity index (χ0v) is 10.8. The predicted molar refractivity (Wildman–Crippen MR) is 73.5 cm³/mol. The van der Waals surface area contributed by atoms with Crippen LogP contribution < -0.4 is 16.0 Å². The Morgan fingerprint density at radius 1 is 1.32 bits per heavy atom. The lowest BCUT2D eigenvalue weighted by Gasteiger charge is -2.06. The van der Waals surface area contributed by atoms with Crippen LogP contribution >= 0.6 is 0 Å². The first kappa shape index (κ1) is 13.3. The molecule has 0 aliphatic rings. The number of aryl methyl sites for hydroxylation is 1. The second-order valence-corrected chi connectivity index (χ2v) is 4.17. The Morgan fingerprint density at radius 2 is 2.05 bits per heavy atom. The van der Waals surface area contributed by atoms with E-state index >= 15 is 0 Å². The van der Waals surface area contributed by atoms with E-state index in [2.05, 4.69) is 9.97 Å². The third-order valence-electron chi connectivity index (χ3n) is 2.68. The standard InChI is InChI=1S/C14H17N3O2/c1-2-12-16-13(18)9-14(17-12)19-11-5-3-10(4-6-11)7-8-15/h3-6,9H,2,7-8,15H2,1H3,(H,16,17,18). The average molecular weight is 259 g/mol. The van der Waals surface area contributed by atoms with E-state index in [1.807, 2.05) is 31.2 Å². The van der Waals surface area contributed by atoms with Gasteiger partial charge in [-0.1, -0.05) is 19.1 Å². The topological polar surface area (TPSA) is 81.0 Å². The highest BCUT2D eigenvalue weighted by atomic mass is 16.5. The maximum absolute atomic E-state index is 11.4. The summed E-state index contributed by atoms with van der Waals surface area (Å²) in [7, 11) is 0. The molecule has 100 valence electrons. The third kappa shape index (κ3) is 3.66. The molecule has 5 heteroatoms. The second-order valence-electron chi connectivity index (χ2n) is 4.17. The van der Waals surface area contributed by atoms with E-state index in [0.29, 0.717) is 30.4 Å². The van der Waals surface area contributed by atoms with Gasteiger partial charge < -0.3 is 15.5 Å². The van der Waals surface area contributed by atoms with Crippen molar-refractivity contribution in [1.82, 2.24) is 9.97 Å². The van der Waals surface area contributed by atoms with Crippen LogP contribution in [-0.4, -0.2) is 16.5 Å². The van der Waals surface area contributed by atoms with Gasteiger partial charge in [-0.2, -0.15) is 4.98 Å². The molecule has 0 radical (unpaired) electrons. The normalized spacial score (nSPS) is 10.4. The number of nitrogens with zero attached hydrogens (tertiary/aromatic N) is 1. The van der Waals surface area contributed by atoms with Crippen LogP contribution in [0.15, 0.2) is 35.1 Å². The van der Waals surface area contributed by atoms with E-state index in [1.54, 1.807) is 0 Å². The predicted octanol–water partition coefficient (Wildman–Crippen LogP) is 1.63. The van der Waals surface area contributed by atoms with Crippen molar-refractivity contribution in [3.05, 3.63) is 52.1 Å².